The minimum absolute atomic E-state index is 0.290. The van der Waals surface area contributed by atoms with Crippen LogP contribution in [0.1, 0.15) is 26.2 Å². The second-order valence-corrected chi connectivity index (χ2v) is 2.69. The van der Waals surface area contributed by atoms with Crippen molar-refractivity contribution in [3.63, 3.8) is 0 Å². The molecule has 0 aliphatic heterocycles. The monoisotopic (exact) mass is 170 g/mol. The fourth-order valence-electron chi connectivity index (χ4n) is 0.974. The van der Waals surface area contributed by atoms with E-state index in [-0.39, 0.29) is 5.91 Å². The Morgan fingerprint density at radius 2 is 2.25 bits per heavy atom. The molecule has 0 saturated carbocycles. The third-order valence-electron chi connectivity index (χ3n) is 1.72. The molecule has 0 unspecified atom stereocenters. The van der Waals surface area contributed by atoms with Gasteiger partial charge < -0.3 is 11.1 Å². The van der Waals surface area contributed by atoms with Crippen molar-refractivity contribution in [1.82, 2.24) is 5.32 Å². The Hall–Kier alpha value is -0.830. The maximum absolute atomic E-state index is 10.7. The third kappa shape index (κ3) is 4.91. The summed E-state index contributed by atoms with van der Waals surface area (Å²) in [4.78, 5) is 10.7. The highest BCUT2D eigenvalue weighted by atomic mass is 16.1. The van der Waals surface area contributed by atoms with Crippen molar-refractivity contribution in [3.05, 3.63) is 11.6 Å². The van der Waals surface area contributed by atoms with Crippen LogP contribution in [0.5, 0.6) is 0 Å². The summed E-state index contributed by atoms with van der Waals surface area (Å²) in [5.41, 5.74) is 5.88. The molecular formula is C9H18N2O. The van der Waals surface area contributed by atoms with Gasteiger partial charge in [-0.25, -0.2) is 0 Å². The van der Waals surface area contributed by atoms with Gasteiger partial charge in [-0.3, -0.25) is 4.79 Å². The van der Waals surface area contributed by atoms with Gasteiger partial charge in [0.2, 0.25) is 5.91 Å². The van der Waals surface area contributed by atoms with Gasteiger partial charge in [0.05, 0.1) is 0 Å². The van der Waals surface area contributed by atoms with Crippen LogP contribution < -0.4 is 11.1 Å². The summed E-state index contributed by atoms with van der Waals surface area (Å²) in [6.07, 6.45) is 4.63. The number of carbonyl (C=O) groups is 1. The molecule has 0 spiro atoms. The van der Waals surface area contributed by atoms with Gasteiger partial charge in [-0.2, -0.15) is 0 Å². The van der Waals surface area contributed by atoms with Crippen LogP contribution in [0.25, 0.3) is 0 Å². The fraction of sp³-hybridized carbons (Fsp3) is 0.667. The number of hydrogen-bond donors (Lipinski definition) is 2. The van der Waals surface area contributed by atoms with Crippen LogP contribution in [0.4, 0.5) is 0 Å². The van der Waals surface area contributed by atoms with Gasteiger partial charge in [0, 0.05) is 5.57 Å². The van der Waals surface area contributed by atoms with Crippen molar-refractivity contribution in [2.45, 2.75) is 26.2 Å². The molecule has 0 aromatic carbocycles. The first-order valence-electron chi connectivity index (χ1n) is 4.35. The number of unbranched alkanes of at least 4 members (excludes halogenated alkanes) is 1. The number of hydrogen-bond acceptors (Lipinski definition) is 2. The first-order valence-corrected chi connectivity index (χ1v) is 4.35. The lowest BCUT2D eigenvalue weighted by Crippen LogP contribution is -2.13. The number of carbonyl (C=O) groups excluding carboxylic acids is 1. The highest BCUT2D eigenvalue weighted by Gasteiger charge is 1.99. The summed E-state index contributed by atoms with van der Waals surface area (Å²) in [5.74, 6) is -0.290. The summed E-state index contributed by atoms with van der Waals surface area (Å²) in [6.45, 7) is 2.92. The minimum atomic E-state index is -0.290. The van der Waals surface area contributed by atoms with E-state index in [1.54, 1.807) is 0 Å². The Morgan fingerprint density at radius 1 is 1.58 bits per heavy atom. The van der Waals surface area contributed by atoms with Gasteiger partial charge in [0.1, 0.15) is 0 Å². The van der Waals surface area contributed by atoms with E-state index in [1.165, 1.54) is 0 Å². The second kappa shape index (κ2) is 6.85. The second-order valence-electron chi connectivity index (χ2n) is 2.69. The van der Waals surface area contributed by atoms with Crippen LogP contribution in [-0.2, 0) is 4.79 Å². The number of nitrogens with two attached hydrogens (primary N) is 1. The molecule has 0 aliphatic carbocycles. The molecule has 1 amide bonds. The zero-order valence-electron chi connectivity index (χ0n) is 7.89. The van der Waals surface area contributed by atoms with Gasteiger partial charge in [0.25, 0.3) is 0 Å². The Balaban J connectivity index is 3.71. The zero-order valence-corrected chi connectivity index (χ0v) is 7.89. The molecule has 3 N–H and O–H groups in total. The summed E-state index contributed by atoms with van der Waals surface area (Å²) in [7, 11) is 1.92. The molecule has 0 saturated heterocycles. The number of amides is 1. The maximum atomic E-state index is 10.7. The largest absolute Gasteiger partial charge is 0.366 e. The van der Waals surface area contributed by atoms with Crippen LogP contribution in [0, 0.1) is 0 Å². The smallest absolute Gasteiger partial charge is 0.244 e. The zero-order chi connectivity index (χ0) is 9.40. The molecule has 0 atom stereocenters. The maximum Gasteiger partial charge on any atom is 0.244 e. The number of rotatable bonds is 6. The van der Waals surface area contributed by atoms with Gasteiger partial charge in [-0.1, -0.05) is 13.0 Å². The lowest BCUT2D eigenvalue weighted by Gasteiger charge is -1.98. The van der Waals surface area contributed by atoms with Crippen molar-refractivity contribution < 1.29 is 4.79 Å². The van der Waals surface area contributed by atoms with Crippen LogP contribution in [0.3, 0.4) is 0 Å². The molecule has 70 valence electrons. The SMILES string of the molecule is CCC(=CCCCNC)C(N)=O. The minimum Gasteiger partial charge on any atom is -0.366 e. The van der Waals surface area contributed by atoms with Crippen LogP contribution in [0.15, 0.2) is 11.6 Å². The molecule has 3 nitrogen and oxygen atoms in total. The Morgan fingerprint density at radius 3 is 2.67 bits per heavy atom. The molecule has 0 aromatic heterocycles. The van der Waals surface area contributed by atoms with E-state index in [4.69, 9.17) is 5.73 Å². The molecule has 0 radical (unpaired) electrons. The standard InChI is InChI=1S/C9H18N2O/c1-3-8(9(10)12)6-4-5-7-11-2/h6,11H,3-5,7H2,1-2H3,(H2,10,12). The van der Waals surface area contributed by atoms with E-state index in [2.05, 4.69) is 5.32 Å². The molecule has 0 aromatic rings. The van der Waals surface area contributed by atoms with Crippen molar-refractivity contribution in [2.75, 3.05) is 13.6 Å². The molecule has 0 fully saturated rings. The molecule has 0 rings (SSSR count). The van der Waals surface area contributed by atoms with Crippen LogP contribution in [-0.4, -0.2) is 19.5 Å². The van der Waals surface area contributed by atoms with Gasteiger partial charge in [0.15, 0.2) is 0 Å². The number of nitrogens with one attached hydrogen (secondary N) is 1. The van der Waals surface area contributed by atoms with Gasteiger partial charge in [-0.15, -0.1) is 0 Å². The molecule has 0 aliphatic rings. The average molecular weight is 170 g/mol. The molecule has 12 heavy (non-hydrogen) atoms. The van der Waals surface area contributed by atoms with Gasteiger partial charge in [-0.05, 0) is 32.9 Å². The van der Waals surface area contributed by atoms with E-state index in [1.807, 2.05) is 20.0 Å². The fourth-order valence-corrected chi connectivity index (χ4v) is 0.974. The molecule has 3 heteroatoms. The average Bonchev–Trinajstić information content (AvgIpc) is 2.04. The highest BCUT2D eigenvalue weighted by Crippen LogP contribution is 2.02. The first kappa shape index (κ1) is 11.2. The van der Waals surface area contributed by atoms with Crippen LogP contribution in [0.2, 0.25) is 0 Å². The molecule has 0 heterocycles. The molecule has 0 bridgehead atoms. The van der Waals surface area contributed by atoms with E-state index in [0.717, 1.165) is 31.4 Å². The normalized spacial score (nSPS) is 11.7. The Labute approximate surface area is 74.0 Å². The predicted octanol–water partition coefficient (Wildman–Crippen LogP) is 0.808. The Bertz CT molecular complexity index is 164. The highest BCUT2D eigenvalue weighted by molar-refractivity contribution is 5.91. The number of primary amides is 1. The summed E-state index contributed by atoms with van der Waals surface area (Å²) in [5, 5.41) is 3.04. The first-order chi connectivity index (χ1) is 5.72. The van der Waals surface area contributed by atoms with Crippen molar-refractivity contribution in [3.8, 4) is 0 Å². The quantitative estimate of drug-likeness (QED) is 0.458. The summed E-state index contributed by atoms with van der Waals surface area (Å²) in [6, 6.07) is 0. The predicted molar refractivity (Wildman–Crippen MR) is 50.7 cm³/mol. The van der Waals surface area contributed by atoms with E-state index >= 15 is 0 Å². The summed E-state index contributed by atoms with van der Waals surface area (Å²) < 4.78 is 0. The topological polar surface area (TPSA) is 55.1 Å². The van der Waals surface area contributed by atoms with Crippen molar-refractivity contribution in [2.24, 2.45) is 5.73 Å². The van der Waals surface area contributed by atoms with E-state index < -0.39 is 0 Å². The summed E-state index contributed by atoms with van der Waals surface area (Å²) >= 11 is 0. The lowest BCUT2D eigenvalue weighted by atomic mass is 10.1. The third-order valence-corrected chi connectivity index (χ3v) is 1.72. The Kier molecular flexibility index (Phi) is 6.38. The van der Waals surface area contributed by atoms with Crippen LogP contribution >= 0.6 is 0 Å². The van der Waals surface area contributed by atoms with Crippen molar-refractivity contribution >= 4 is 5.91 Å². The van der Waals surface area contributed by atoms with E-state index in [0.29, 0.717) is 0 Å². The lowest BCUT2D eigenvalue weighted by molar-refractivity contribution is -0.114. The van der Waals surface area contributed by atoms with Gasteiger partial charge >= 0.3 is 0 Å². The molecular weight excluding hydrogens is 152 g/mol. The van der Waals surface area contributed by atoms with E-state index in [9.17, 15) is 4.79 Å². The van der Waals surface area contributed by atoms with Crippen molar-refractivity contribution in [1.29, 1.82) is 0 Å². The number of allylic oxidation sites excluding steroid dienone is 1.